The van der Waals surface area contributed by atoms with Crippen LogP contribution in [0.1, 0.15) is 157 Å². The predicted molar refractivity (Wildman–Crippen MR) is 531 cm³/mol. The smallest absolute Gasteiger partial charge is 0.211 e. The predicted octanol–water partition coefficient (Wildman–Crippen LogP) is 25.2. The summed E-state index contributed by atoms with van der Waals surface area (Å²) in [5.41, 5.74) is 3.74. The summed E-state index contributed by atoms with van der Waals surface area (Å²) in [6, 6.07) is 142. The number of Topliss-reactive ketones (excluding diaryl/α,β-unsaturated/α-hetero) is 1. The fourth-order valence-electron chi connectivity index (χ4n) is 15.8. The fourth-order valence-corrected chi connectivity index (χ4v) is 26.5. The van der Waals surface area contributed by atoms with Gasteiger partial charge in [0.25, 0.3) is 0 Å². The summed E-state index contributed by atoms with van der Waals surface area (Å²) in [5.74, 6) is 6.75. The Kier molecular flexibility index (Phi) is 44.5. The number of hydrogen-bond donors (Lipinski definition) is 0. The highest BCUT2D eigenvalue weighted by Crippen LogP contribution is 2.38. The zero-order valence-corrected chi connectivity index (χ0v) is 80.6. The lowest BCUT2D eigenvalue weighted by atomic mass is 9.84. The van der Waals surface area contributed by atoms with Crippen molar-refractivity contribution in [1.82, 2.24) is 0 Å². The third-order valence-corrected chi connectivity index (χ3v) is 33.8. The van der Waals surface area contributed by atoms with Gasteiger partial charge in [0.1, 0.15) is 23.1 Å². The highest BCUT2D eigenvalue weighted by molar-refractivity contribution is 7.98. The molecule has 4 fully saturated rings. The highest BCUT2D eigenvalue weighted by atomic mass is 79.9. The Morgan fingerprint density at radius 1 is 0.333 bits per heavy atom. The van der Waals surface area contributed by atoms with Crippen molar-refractivity contribution >= 4 is 66.0 Å². The number of aliphatic imine (C=N–C) groups is 1. The zero-order chi connectivity index (χ0) is 85.6. The first-order valence-corrected chi connectivity index (χ1v) is 51.3. The molecular weight excluding hydrogens is 1770 g/mol. The Balaban J connectivity index is 0.000000154. The average Bonchev–Trinajstić information content (AvgIpc) is 1.07. The van der Waals surface area contributed by atoms with E-state index in [2.05, 4.69) is 377 Å². The van der Waals surface area contributed by atoms with Crippen LogP contribution in [0, 0.1) is 17.7 Å². The molecule has 1 saturated heterocycles. The van der Waals surface area contributed by atoms with Crippen molar-refractivity contribution in [1.29, 1.82) is 0 Å². The normalized spacial score (nSPS) is 14.1. The molecule has 0 bridgehead atoms. The number of rotatable bonds is 18. The number of ether oxygens (including phenoxy) is 1. The molecule has 3 nitrogen and oxygen atoms in total. The van der Waals surface area contributed by atoms with E-state index in [9.17, 15) is 9.18 Å². The van der Waals surface area contributed by atoms with Gasteiger partial charge in [-0.2, -0.15) is 0 Å². The van der Waals surface area contributed by atoms with Crippen LogP contribution in [0.4, 0.5) is 4.39 Å². The molecule has 3 saturated carbocycles. The van der Waals surface area contributed by atoms with Crippen LogP contribution in [0.2, 0.25) is 0 Å². The molecule has 0 spiro atoms. The summed E-state index contributed by atoms with van der Waals surface area (Å²) in [4.78, 5) is 32.3. The van der Waals surface area contributed by atoms with E-state index in [0.717, 1.165) is 34.8 Å². The summed E-state index contributed by atoms with van der Waals surface area (Å²) in [6.07, 6.45) is 28.7. The molecule has 2 aliphatic heterocycles. The lowest BCUT2D eigenvalue weighted by molar-refractivity contribution is -0.001000. The van der Waals surface area contributed by atoms with E-state index in [4.69, 9.17) is 4.74 Å². The third kappa shape index (κ3) is 32.4. The number of benzene rings is 14. The number of carbonyl (C=O) groups is 1. The first-order valence-electron chi connectivity index (χ1n) is 44.6. The number of allylic oxidation sites excluding steroid dienone is 1. The maximum atomic E-state index is 13.5. The van der Waals surface area contributed by atoms with Gasteiger partial charge in [0.2, 0.25) is 5.78 Å². The molecule has 648 valence electrons. The quantitative estimate of drug-likeness (QED) is 0.0634. The van der Waals surface area contributed by atoms with Crippen LogP contribution in [0.15, 0.2) is 482 Å². The van der Waals surface area contributed by atoms with Crippen molar-refractivity contribution in [2.45, 2.75) is 194 Å². The molecule has 0 amide bonds. The first-order chi connectivity index (χ1) is 61.2. The number of hydrogen-bond acceptors (Lipinski definition) is 3. The molecule has 126 heavy (non-hydrogen) atoms. The monoisotopic (exact) mass is 1890 g/mol. The van der Waals surface area contributed by atoms with E-state index < -0.39 is 0 Å². The van der Waals surface area contributed by atoms with Gasteiger partial charge in [-0.15, -0.1) is 0 Å². The molecule has 0 unspecified atom stereocenters. The van der Waals surface area contributed by atoms with Crippen LogP contribution >= 0.6 is 0 Å². The van der Waals surface area contributed by atoms with Gasteiger partial charge in [-0.3, -0.25) is 9.79 Å². The fraction of sp³-hybridized carbons (Fsp3) is 0.235. The van der Waals surface area contributed by atoms with Gasteiger partial charge in [-0.25, -0.2) is 4.39 Å². The van der Waals surface area contributed by atoms with Crippen LogP contribution in [0.25, 0.3) is 0 Å². The van der Waals surface area contributed by atoms with Crippen molar-refractivity contribution in [2.75, 3.05) is 24.4 Å². The second-order valence-corrected chi connectivity index (χ2v) is 42.2. The second kappa shape index (κ2) is 56.7. The van der Waals surface area contributed by atoms with Gasteiger partial charge >= 0.3 is 0 Å². The van der Waals surface area contributed by atoms with E-state index in [1.54, 1.807) is 18.3 Å². The van der Waals surface area contributed by atoms with E-state index in [1.807, 2.05) is 36.4 Å². The van der Waals surface area contributed by atoms with Crippen molar-refractivity contribution in [3.05, 3.63) is 441 Å². The minimum Gasteiger partial charge on any atom is -1.00 e. The molecule has 2 heterocycles. The van der Waals surface area contributed by atoms with Crippen LogP contribution in [0.5, 0.6) is 5.75 Å². The number of ketones is 1. The summed E-state index contributed by atoms with van der Waals surface area (Å²) in [7, 11) is 1.84. The largest absolute Gasteiger partial charge is 1.00 e. The zero-order valence-electron chi connectivity index (χ0n) is 73.4. The van der Waals surface area contributed by atoms with Crippen LogP contribution in [-0.4, -0.2) is 35.9 Å². The molecule has 5 aliphatic rings. The second-order valence-electron chi connectivity index (χ2n) is 31.7. The maximum absolute atomic E-state index is 13.5. The Morgan fingerprint density at radius 2 is 0.595 bits per heavy atom. The highest BCUT2D eigenvalue weighted by Gasteiger charge is 2.33. The van der Waals surface area contributed by atoms with Crippen LogP contribution in [0.3, 0.4) is 0 Å². The van der Waals surface area contributed by atoms with Crippen molar-refractivity contribution in [2.24, 2.45) is 16.8 Å². The van der Waals surface area contributed by atoms with E-state index in [0.29, 0.717) is 34.4 Å². The standard InChI is InChI=1S/C24H25S.3C18H15S.C12H15OS.C11H10FNO.2C7H14.2BrH/c1-4-10-20(11-5-1)21-16-18-24(19-17-21)25(22-12-6-2-7-13-22)23-14-8-3-9-15-23;3*1-4-10-16(11-5-1)19(17-12-6-2-7-13-17)18-14-8-3-9-15-18;13-12(10-14-8-4-5-9-14)11-6-2-1-3-7-11;1-14-8-4-5-9(10(12)7-8)11-3-2-6-13-11;2*1-7-5-3-2-4-6-7;;/h2-3,6-9,12-20H,1,4-5,10-11H2;3*1-15H;1-3,6-7H,4-5,8-10H2;2,4-7H,3H2,1H3;2*7H,2-6H2,1H3;2*1H/q5*+1;;;;;/p-2. The van der Waals surface area contributed by atoms with Gasteiger partial charge in [0.05, 0.1) is 56.4 Å². The molecule has 14 aromatic rings. The molecule has 3 aliphatic carbocycles. The van der Waals surface area contributed by atoms with Crippen molar-refractivity contribution in [3.8, 4) is 5.75 Å². The van der Waals surface area contributed by atoms with Gasteiger partial charge in [-0.05, 0) is 218 Å². The summed E-state index contributed by atoms with van der Waals surface area (Å²) in [5, 5.41) is 0. The molecule has 0 aromatic heterocycles. The molecule has 19 rings (SSSR count). The molecule has 14 aromatic carbocycles. The lowest BCUT2D eigenvalue weighted by Crippen LogP contribution is -3.00. The maximum Gasteiger partial charge on any atom is 0.211 e. The number of methoxy groups -OCH3 is 1. The topological polar surface area (TPSA) is 38.7 Å². The van der Waals surface area contributed by atoms with E-state index >= 15 is 0 Å². The Bertz CT molecular complexity index is 4670. The third-order valence-electron chi connectivity index (χ3n) is 22.4. The van der Waals surface area contributed by atoms with Gasteiger partial charge in [0, 0.05) is 29.8 Å². The molecule has 11 heteroatoms. The minimum absolute atomic E-state index is 0. The number of halogens is 3. The summed E-state index contributed by atoms with van der Waals surface area (Å²) in [6.45, 7) is 4.72. The van der Waals surface area contributed by atoms with E-state index in [-0.39, 0.29) is 83.4 Å². The molecular formula is C115H123Br2FNO2S5+3. The van der Waals surface area contributed by atoms with Crippen molar-refractivity contribution in [3.63, 3.8) is 0 Å². The van der Waals surface area contributed by atoms with Gasteiger partial charge in [-0.1, -0.05) is 346 Å². The Hall–Kier alpha value is -9.40. The lowest BCUT2D eigenvalue weighted by Gasteiger charge is -2.22. The minimum atomic E-state index is -0.285. The Morgan fingerprint density at radius 3 is 0.833 bits per heavy atom. The van der Waals surface area contributed by atoms with Crippen molar-refractivity contribution < 1.29 is 47.9 Å². The summed E-state index contributed by atoms with van der Waals surface area (Å²) >= 11 is 0. The Labute approximate surface area is 789 Å². The summed E-state index contributed by atoms with van der Waals surface area (Å²) < 4.78 is 18.4. The number of carbonyl (C=O) groups excluding carboxylic acids is 1. The van der Waals surface area contributed by atoms with Gasteiger partial charge in [0.15, 0.2) is 64.5 Å². The van der Waals surface area contributed by atoms with Crippen LogP contribution in [-0.2, 0) is 54.5 Å². The number of nitrogens with zero attached hydrogens (tertiary/aromatic N) is 1. The molecule has 0 radical (unpaired) electrons. The average molecular weight is 1890 g/mol. The molecule has 0 atom stereocenters. The SMILES string of the molecule is CC1CCCCC1.CC1CCCCC1.COc1ccc(C2=NC=CC2)c(F)c1.O=C(C[S+]1CCCC1)c1ccccc1.[Br-].[Br-].c1ccc([S+](c2ccccc2)c2ccc(C3CCCCC3)cc2)cc1.c1ccc([S+](c2ccccc2)c2ccccc2)cc1.c1ccc([S+](c2ccccc2)c2ccccc2)cc1.c1ccc([S+](c2ccccc2)c2ccccc2)cc1. The molecule has 0 N–H and O–H groups in total. The first kappa shape index (κ1) is 98.8. The van der Waals surface area contributed by atoms with Crippen LogP contribution < -0.4 is 38.7 Å². The van der Waals surface area contributed by atoms with Gasteiger partial charge < -0.3 is 38.7 Å². The van der Waals surface area contributed by atoms with E-state index in [1.165, 1.54) is 198 Å².